The van der Waals surface area contributed by atoms with E-state index in [4.69, 9.17) is 4.74 Å². The topological polar surface area (TPSA) is 84.5 Å². The fourth-order valence-electron chi connectivity index (χ4n) is 2.85. The van der Waals surface area contributed by atoms with E-state index in [1.807, 2.05) is 6.07 Å². The lowest BCUT2D eigenvalue weighted by atomic mass is 9.74. The summed E-state index contributed by atoms with van der Waals surface area (Å²) < 4.78 is 43.3. The van der Waals surface area contributed by atoms with Crippen molar-refractivity contribution in [2.75, 3.05) is 32.6 Å². The van der Waals surface area contributed by atoms with E-state index in [1.54, 1.807) is 6.07 Å². The molecule has 0 radical (unpaired) electrons. The number of benzene rings is 1. The van der Waals surface area contributed by atoms with Crippen molar-refractivity contribution in [2.24, 2.45) is 0 Å². The third-order valence-electron chi connectivity index (χ3n) is 4.23. The normalized spacial score (nSPS) is 17.4. The highest BCUT2D eigenvalue weighted by Gasteiger charge is 2.35. The number of rotatable bonds is 7. The minimum absolute atomic E-state index is 0.0563. The number of amides is 1. The lowest BCUT2D eigenvalue weighted by Crippen LogP contribution is -2.45. The van der Waals surface area contributed by atoms with Gasteiger partial charge in [-0.3, -0.25) is 4.79 Å². The van der Waals surface area contributed by atoms with Gasteiger partial charge in [0.2, 0.25) is 15.9 Å². The van der Waals surface area contributed by atoms with E-state index in [-0.39, 0.29) is 30.1 Å². The summed E-state index contributed by atoms with van der Waals surface area (Å²) in [6.07, 6.45) is 2.49. The van der Waals surface area contributed by atoms with E-state index < -0.39 is 10.0 Å². The van der Waals surface area contributed by atoms with Crippen LogP contribution >= 0.6 is 0 Å². The maximum absolute atomic E-state index is 13.6. The molecule has 134 valence electrons. The molecule has 0 aliphatic carbocycles. The van der Waals surface area contributed by atoms with Crippen LogP contribution in [0, 0.1) is 5.82 Å². The second kappa shape index (κ2) is 8.04. The number of ether oxygens (including phenoxy) is 1. The Hall–Kier alpha value is -1.51. The van der Waals surface area contributed by atoms with Crippen LogP contribution in [0.25, 0.3) is 0 Å². The van der Waals surface area contributed by atoms with Crippen molar-refractivity contribution < 1.29 is 22.3 Å². The third kappa shape index (κ3) is 5.54. The molecular formula is C16H23FN2O4S. The van der Waals surface area contributed by atoms with Crippen LogP contribution in [0.15, 0.2) is 24.3 Å². The Morgan fingerprint density at radius 2 is 2.04 bits per heavy atom. The minimum Gasteiger partial charge on any atom is -0.381 e. The molecule has 1 saturated heterocycles. The molecule has 1 aliphatic heterocycles. The smallest absolute Gasteiger partial charge is 0.221 e. The van der Waals surface area contributed by atoms with Crippen molar-refractivity contribution in [1.82, 2.24) is 10.0 Å². The van der Waals surface area contributed by atoms with Gasteiger partial charge in [-0.1, -0.05) is 12.1 Å². The SMILES string of the molecule is CS(=O)(=O)NCCC(=O)NCC1(c2cccc(F)c2)CCOCC1. The van der Waals surface area contributed by atoms with Crippen LogP contribution in [0.3, 0.4) is 0 Å². The molecular weight excluding hydrogens is 335 g/mol. The number of halogens is 1. The van der Waals surface area contributed by atoms with Gasteiger partial charge in [0.15, 0.2) is 0 Å². The van der Waals surface area contributed by atoms with E-state index >= 15 is 0 Å². The van der Waals surface area contributed by atoms with Gasteiger partial charge >= 0.3 is 0 Å². The zero-order valence-electron chi connectivity index (χ0n) is 13.7. The predicted molar refractivity (Wildman–Crippen MR) is 88.6 cm³/mol. The molecule has 8 heteroatoms. The highest BCUT2D eigenvalue weighted by Crippen LogP contribution is 2.34. The monoisotopic (exact) mass is 358 g/mol. The van der Waals surface area contributed by atoms with Gasteiger partial charge in [-0.25, -0.2) is 17.5 Å². The van der Waals surface area contributed by atoms with Gasteiger partial charge in [0, 0.05) is 38.1 Å². The average molecular weight is 358 g/mol. The summed E-state index contributed by atoms with van der Waals surface area (Å²) in [7, 11) is -3.30. The third-order valence-corrected chi connectivity index (χ3v) is 4.96. The van der Waals surface area contributed by atoms with Crippen LogP contribution in [0.5, 0.6) is 0 Å². The number of sulfonamides is 1. The molecule has 0 atom stereocenters. The Kier molecular flexibility index (Phi) is 6.31. The predicted octanol–water partition coefficient (Wildman–Crippen LogP) is 0.929. The number of carbonyl (C=O) groups is 1. The van der Waals surface area contributed by atoms with Crippen LogP contribution in [0.1, 0.15) is 24.8 Å². The highest BCUT2D eigenvalue weighted by molar-refractivity contribution is 7.88. The van der Waals surface area contributed by atoms with Gasteiger partial charge in [0.1, 0.15) is 5.82 Å². The summed E-state index contributed by atoms with van der Waals surface area (Å²) in [6.45, 7) is 1.54. The summed E-state index contributed by atoms with van der Waals surface area (Å²) in [6, 6.07) is 6.43. The minimum atomic E-state index is -3.30. The van der Waals surface area contributed by atoms with Gasteiger partial charge in [-0.2, -0.15) is 0 Å². The van der Waals surface area contributed by atoms with Crippen LogP contribution in [0.4, 0.5) is 4.39 Å². The quantitative estimate of drug-likeness (QED) is 0.759. The Morgan fingerprint density at radius 1 is 1.33 bits per heavy atom. The molecule has 1 aromatic rings. The first-order valence-corrected chi connectivity index (χ1v) is 9.75. The fourth-order valence-corrected chi connectivity index (χ4v) is 3.33. The van der Waals surface area contributed by atoms with Crippen LogP contribution in [-0.4, -0.2) is 46.9 Å². The summed E-state index contributed by atoms with van der Waals surface area (Å²) in [5.74, 6) is -0.546. The number of carbonyl (C=O) groups excluding carboxylic acids is 1. The number of hydrogen-bond donors (Lipinski definition) is 2. The Morgan fingerprint density at radius 3 is 2.67 bits per heavy atom. The average Bonchev–Trinajstić information content (AvgIpc) is 2.53. The van der Waals surface area contributed by atoms with Gasteiger partial charge in [-0.05, 0) is 30.5 Å². The highest BCUT2D eigenvalue weighted by atomic mass is 32.2. The molecule has 1 aliphatic rings. The molecule has 24 heavy (non-hydrogen) atoms. The molecule has 6 nitrogen and oxygen atoms in total. The Labute approximate surface area is 141 Å². The van der Waals surface area contributed by atoms with E-state index in [9.17, 15) is 17.6 Å². The van der Waals surface area contributed by atoms with Gasteiger partial charge in [-0.15, -0.1) is 0 Å². The molecule has 0 saturated carbocycles. The van der Waals surface area contributed by atoms with Gasteiger partial charge < -0.3 is 10.1 Å². The van der Waals surface area contributed by atoms with Gasteiger partial charge in [0.25, 0.3) is 0 Å². The van der Waals surface area contributed by atoms with Crippen molar-refractivity contribution in [3.05, 3.63) is 35.6 Å². The first-order chi connectivity index (χ1) is 11.3. The van der Waals surface area contributed by atoms with Crippen LogP contribution < -0.4 is 10.0 Å². The van der Waals surface area contributed by atoms with Crippen LogP contribution in [-0.2, 0) is 25.0 Å². The first kappa shape index (κ1) is 18.8. The molecule has 1 aromatic carbocycles. The standard InChI is InChI=1S/C16H23FN2O4S/c1-24(21,22)19-8-5-15(20)18-12-16(6-9-23-10-7-16)13-3-2-4-14(17)11-13/h2-4,11,19H,5-10,12H2,1H3,(H,18,20). The zero-order chi connectivity index (χ0) is 17.6. The van der Waals surface area contributed by atoms with Crippen LogP contribution in [0.2, 0.25) is 0 Å². The summed E-state index contributed by atoms with van der Waals surface area (Å²) >= 11 is 0. The fraction of sp³-hybridized carbons (Fsp3) is 0.562. The molecule has 0 bridgehead atoms. The summed E-state index contributed by atoms with van der Waals surface area (Å²) in [4.78, 5) is 12.0. The largest absolute Gasteiger partial charge is 0.381 e. The Bertz CT molecular complexity index is 672. The summed E-state index contributed by atoms with van der Waals surface area (Å²) in [5, 5.41) is 2.85. The molecule has 0 spiro atoms. The van der Waals surface area contributed by atoms with E-state index in [1.165, 1.54) is 12.1 Å². The van der Waals surface area contributed by atoms with Crippen molar-refractivity contribution in [3.63, 3.8) is 0 Å². The maximum atomic E-state index is 13.6. The second-order valence-electron chi connectivity index (χ2n) is 6.10. The molecule has 1 fully saturated rings. The van der Waals surface area contributed by atoms with E-state index in [2.05, 4.69) is 10.0 Å². The van der Waals surface area contributed by atoms with Crippen molar-refractivity contribution >= 4 is 15.9 Å². The van der Waals surface area contributed by atoms with Crippen molar-refractivity contribution in [3.8, 4) is 0 Å². The lowest BCUT2D eigenvalue weighted by molar-refractivity contribution is -0.121. The van der Waals surface area contributed by atoms with Crippen molar-refractivity contribution in [2.45, 2.75) is 24.7 Å². The number of nitrogens with one attached hydrogen (secondary N) is 2. The van der Waals surface area contributed by atoms with E-state index in [0.29, 0.717) is 32.6 Å². The molecule has 2 rings (SSSR count). The molecule has 1 amide bonds. The molecule has 1 heterocycles. The first-order valence-electron chi connectivity index (χ1n) is 7.86. The molecule has 2 N–H and O–H groups in total. The Balaban J connectivity index is 1.98. The van der Waals surface area contributed by atoms with Crippen molar-refractivity contribution in [1.29, 1.82) is 0 Å². The number of hydrogen-bond acceptors (Lipinski definition) is 4. The summed E-state index contributed by atoms with van der Waals surface area (Å²) in [5.41, 5.74) is 0.487. The zero-order valence-corrected chi connectivity index (χ0v) is 14.5. The van der Waals surface area contributed by atoms with E-state index in [0.717, 1.165) is 11.8 Å². The molecule has 0 unspecified atom stereocenters. The van der Waals surface area contributed by atoms with Gasteiger partial charge in [0.05, 0.1) is 6.26 Å². The maximum Gasteiger partial charge on any atom is 0.221 e. The molecule has 0 aromatic heterocycles. The lowest BCUT2D eigenvalue weighted by Gasteiger charge is -2.38. The second-order valence-corrected chi connectivity index (χ2v) is 7.93.